The first-order valence-corrected chi connectivity index (χ1v) is 7.70. The fourth-order valence-corrected chi connectivity index (χ4v) is 2.92. The summed E-state index contributed by atoms with van der Waals surface area (Å²) < 4.78 is 5.30. The molecule has 0 saturated heterocycles. The highest BCUT2D eigenvalue weighted by Crippen LogP contribution is 2.39. The summed E-state index contributed by atoms with van der Waals surface area (Å²) >= 11 is 12.2. The highest BCUT2D eigenvalue weighted by atomic mass is 35.5. The molecule has 2 aromatic rings. The fourth-order valence-electron chi connectivity index (χ4n) is 2.32. The number of nitrogens with two attached hydrogens (primary N) is 1. The number of H-pyrrole nitrogens is 1. The number of hydrogen-bond donors (Lipinski definition) is 4. The molecular formula is C16H12Cl2N2O6. The first-order valence-electron chi connectivity index (χ1n) is 6.94. The molecule has 0 aliphatic rings. The van der Waals surface area contributed by atoms with E-state index in [1.54, 1.807) is 0 Å². The number of pyridine rings is 1. The summed E-state index contributed by atoms with van der Waals surface area (Å²) in [6.07, 6.45) is 1.46. The standard InChI is InChI=1S/C16H12Cl2N2O6/c1-2-3-26-12-7(17)4-6(5-8(12)18)9-10(15(22)23)13(19)20-14(21)11(9)16(24)25/h2,4-5H,1,3H2,(H,22,23)(H,24,25)(H3,19,20,21). The lowest BCUT2D eigenvalue weighted by Crippen LogP contribution is -2.24. The second-order valence-corrected chi connectivity index (χ2v) is 5.79. The number of benzene rings is 1. The summed E-state index contributed by atoms with van der Waals surface area (Å²) in [5.41, 5.74) is 2.69. The van der Waals surface area contributed by atoms with Crippen molar-refractivity contribution >= 4 is 41.0 Å². The lowest BCUT2D eigenvalue weighted by Gasteiger charge is -2.15. The van der Waals surface area contributed by atoms with Gasteiger partial charge < -0.3 is 25.7 Å². The molecule has 0 bridgehead atoms. The SMILES string of the molecule is C=CCOc1c(Cl)cc(-c2c(C(=O)O)c(N)[nH]c(=O)c2C(=O)O)cc1Cl. The van der Waals surface area contributed by atoms with Crippen LogP contribution in [0.5, 0.6) is 5.75 Å². The molecule has 8 nitrogen and oxygen atoms in total. The number of aromatic carboxylic acids is 2. The minimum Gasteiger partial charge on any atom is -0.486 e. The third-order valence-electron chi connectivity index (χ3n) is 3.30. The lowest BCUT2D eigenvalue weighted by molar-refractivity contribution is 0.0695. The van der Waals surface area contributed by atoms with Crippen LogP contribution in [0.3, 0.4) is 0 Å². The summed E-state index contributed by atoms with van der Waals surface area (Å²) in [6, 6.07) is 2.47. The van der Waals surface area contributed by atoms with E-state index in [1.807, 2.05) is 4.98 Å². The number of ether oxygens (including phenoxy) is 1. The Balaban J connectivity index is 2.87. The molecule has 136 valence electrons. The van der Waals surface area contributed by atoms with Gasteiger partial charge in [-0.2, -0.15) is 0 Å². The van der Waals surface area contributed by atoms with Gasteiger partial charge in [-0.3, -0.25) is 4.79 Å². The molecule has 10 heteroatoms. The predicted molar refractivity (Wildman–Crippen MR) is 96.5 cm³/mol. The highest BCUT2D eigenvalue weighted by molar-refractivity contribution is 6.37. The van der Waals surface area contributed by atoms with Gasteiger partial charge in [0.05, 0.1) is 10.0 Å². The molecule has 0 radical (unpaired) electrons. The number of nitrogen functional groups attached to an aromatic ring is 1. The van der Waals surface area contributed by atoms with Crippen LogP contribution < -0.4 is 16.0 Å². The summed E-state index contributed by atoms with van der Waals surface area (Å²) in [5.74, 6) is -3.57. The minimum absolute atomic E-state index is 0.0131. The van der Waals surface area contributed by atoms with Crippen LogP contribution in [0, 0.1) is 0 Å². The summed E-state index contributed by atoms with van der Waals surface area (Å²) in [5, 5.41) is 18.8. The zero-order chi connectivity index (χ0) is 19.6. The maximum absolute atomic E-state index is 12.0. The highest BCUT2D eigenvalue weighted by Gasteiger charge is 2.27. The van der Waals surface area contributed by atoms with Crippen molar-refractivity contribution in [3.63, 3.8) is 0 Å². The average Bonchev–Trinajstić information content (AvgIpc) is 2.52. The van der Waals surface area contributed by atoms with E-state index in [-0.39, 0.29) is 28.0 Å². The molecule has 5 N–H and O–H groups in total. The Labute approximate surface area is 156 Å². The van der Waals surface area contributed by atoms with Gasteiger partial charge in [-0.05, 0) is 17.7 Å². The number of carbonyl (C=O) groups is 2. The van der Waals surface area contributed by atoms with E-state index in [9.17, 15) is 24.6 Å². The number of rotatable bonds is 6. The molecule has 1 aromatic heterocycles. The van der Waals surface area contributed by atoms with Gasteiger partial charge in [0.1, 0.15) is 23.6 Å². The number of aromatic amines is 1. The van der Waals surface area contributed by atoms with Gasteiger partial charge in [0.25, 0.3) is 5.56 Å². The smallest absolute Gasteiger partial charge is 0.342 e. The van der Waals surface area contributed by atoms with Crippen molar-refractivity contribution in [1.29, 1.82) is 0 Å². The Kier molecular flexibility index (Phi) is 5.59. The number of aromatic nitrogens is 1. The van der Waals surface area contributed by atoms with E-state index in [4.69, 9.17) is 33.7 Å². The molecule has 0 spiro atoms. The van der Waals surface area contributed by atoms with Gasteiger partial charge >= 0.3 is 11.9 Å². The molecule has 0 fully saturated rings. The van der Waals surface area contributed by atoms with Gasteiger partial charge in [-0.15, -0.1) is 0 Å². The van der Waals surface area contributed by atoms with E-state index in [1.165, 1.54) is 18.2 Å². The van der Waals surface area contributed by atoms with Crippen molar-refractivity contribution in [2.24, 2.45) is 0 Å². The molecule has 0 unspecified atom stereocenters. The van der Waals surface area contributed by atoms with E-state index in [0.717, 1.165) is 0 Å². The molecular weight excluding hydrogens is 387 g/mol. The van der Waals surface area contributed by atoms with E-state index in [0.29, 0.717) is 0 Å². The fraction of sp³-hybridized carbons (Fsp3) is 0.0625. The number of anilines is 1. The molecule has 0 saturated carbocycles. The van der Waals surface area contributed by atoms with Crippen molar-refractivity contribution in [2.75, 3.05) is 12.3 Å². The Morgan fingerprint density at radius 3 is 2.19 bits per heavy atom. The van der Waals surface area contributed by atoms with E-state index in [2.05, 4.69) is 6.58 Å². The van der Waals surface area contributed by atoms with Crippen molar-refractivity contribution in [3.05, 3.63) is 56.3 Å². The zero-order valence-electron chi connectivity index (χ0n) is 13.0. The number of hydrogen-bond acceptors (Lipinski definition) is 5. The molecule has 1 heterocycles. The van der Waals surface area contributed by atoms with Crippen LogP contribution in [-0.2, 0) is 0 Å². The lowest BCUT2D eigenvalue weighted by atomic mass is 9.95. The topological polar surface area (TPSA) is 143 Å². The maximum atomic E-state index is 12.0. The van der Waals surface area contributed by atoms with Crippen LogP contribution in [0.1, 0.15) is 20.7 Å². The largest absolute Gasteiger partial charge is 0.486 e. The Morgan fingerprint density at radius 2 is 1.73 bits per heavy atom. The van der Waals surface area contributed by atoms with Crippen molar-refractivity contribution in [2.45, 2.75) is 0 Å². The quantitative estimate of drug-likeness (QED) is 0.547. The van der Waals surface area contributed by atoms with Crippen molar-refractivity contribution < 1.29 is 24.5 Å². The van der Waals surface area contributed by atoms with Gasteiger partial charge in [0.2, 0.25) is 0 Å². The third-order valence-corrected chi connectivity index (χ3v) is 3.87. The third kappa shape index (κ3) is 3.51. The second-order valence-electron chi connectivity index (χ2n) is 4.97. The van der Waals surface area contributed by atoms with Gasteiger partial charge in [-0.25, -0.2) is 9.59 Å². The molecule has 0 aliphatic carbocycles. The van der Waals surface area contributed by atoms with Crippen LogP contribution in [-0.4, -0.2) is 33.7 Å². The predicted octanol–water partition coefficient (Wildman–Crippen LogP) is 2.89. The first kappa shape index (κ1) is 19.4. The number of nitrogens with one attached hydrogen (secondary N) is 1. The van der Waals surface area contributed by atoms with Gasteiger partial charge in [0, 0.05) is 5.56 Å². The Morgan fingerprint density at radius 1 is 1.19 bits per heavy atom. The van der Waals surface area contributed by atoms with Crippen LogP contribution in [0.25, 0.3) is 11.1 Å². The van der Waals surface area contributed by atoms with E-state index >= 15 is 0 Å². The molecule has 0 amide bonds. The van der Waals surface area contributed by atoms with Gasteiger partial charge in [-0.1, -0.05) is 35.9 Å². The van der Waals surface area contributed by atoms with Crippen LogP contribution >= 0.6 is 23.2 Å². The van der Waals surface area contributed by atoms with Crippen molar-refractivity contribution in [1.82, 2.24) is 4.98 Å². The molecule has 26 heavy (non-hydrogen) atoms. The maximum Gasteiger partial charge on any atom is 0.342 e. The Bertz CT molecular complexity index is 960. The van der Waals surface area contributed by atoms with Crippen LogP contribution in [0.4, 0.5) is 5.82 Å². The first-order chi connectivity index (χ1) is 12.2. The van der Waals surface area contributed by atoms with Crippen molar-refractivity contribution in [3.8, 4) is 16.9 Å². The number of carboxylic acid groups (broad SMARTS) is 2. The van der Waals surface area contributed by atoms with Crippen LogP contribution in [0.2, 0.25) is 10.0 Å². The van der Waals surface area contributed by atoms with Crippen LogP contribution in [0.15, 0.2) is 29.6 Å². The monoisotopic (exact) mass is 398 g/mol. The zero-order valence-corrected chi connectivity index (χ0v) is 14.5. The summed E-state index contributed by atoms with van der Waals surface area (Å²) in [4.78, 5) is 37.1. The molecule has 1 aromatic carbocycles. The van der Waals surface area contributed by atoms with E-state index < -0.39 is 40.0 Å². The van der Waals surface area contributed by atoms with Gasteiger partial charge in [0.15, 0.2) is 5.75 Å². The molecule has 0 atom stereocenters. The second kappa shape index (κ2) is 7.51. The Hall–Kier alpha value is -2.97. The number of carboxylic acids is 2. The number of halogens is 2. The molecule has 0 aliphatic heterocycles. The molecule has 2 rings (SSSR count). The average molecular weight is 399 g/mol. The minimum atomic E-state index is -1.64. The summed E-state index contributed by atoms with van der Waals surface area (Å²) in [7, 11) is 0. The summed E-state index contributed by atoms with van der Waals surface area (Å²) in [6.45, 7) is 3.60. The normalized spacial score (nSPS) is 10.4.